The summed E-state index contributed by atoms with van der Waals surface area (Å²) >= 11 is 3.84. The standard InChI is InChI=1S/C4H6O2.C2H6S2/c1-3(2)4(5)6;1-2-4-3/h1H2,2H3,(H,5,6);3H,2H2,1H3. The van der Waals surface area contributed by atoms with Crippen LogP contribution in [0.15, 0.2) is 12.2 Å². The summed E-state index contributed by atoms with van der Waals surface area (Å²) in [6.45, 7) is 6.67. The van der Waals surface area contributed by atoms with Crippen LogP contribution in [0.2, 0.25) is 0 Å². The molecule has 0 aliphatic carbocycles. The van der Waals surface area contributed by atoms with Gasteiger partial charge in [-0.3, -0.25) is 0 Å². The Balaban J connectivity index is 0. The molecule has 0 saturated heterocycles. The second kappa shape index (κ2) is 8.91. The summed E-state index contributed by atoms with van der Waals surface area (Å²) in [4.78, 5) is 9.60. The third-order valence-corrected chi connectivity index (χ3v) is 1.53. The number of hydrogen-bond acceptors (Lipinski definition) is 3. The normalized spacial score (nSPS) is 7.50. The Bertz CT molecular complexity index is 98.3. The molecule has 0 atom stereocenters. The lowest BCUT2D eigenvalue weighted by Crippen LogP contribution is -1.92. The predicted octanol–water partition coefficient (Wildman–Crippen LogP) is 2.23. The molecule has 0 radical (unpaired) electrons. The highest BCUT2D eigenvalue weighted by molar-refractivity contribution is 8.68. The topological polar surface area (TPSA) is 37.3 Å². The molecule has 0 spiro atoms. The zero-order chi connectivity index (χ0) is 8.57. The van der Waals surface area contributed by atoms with Gasteiger partial charge in [0.15, 0.2) is 0 Å². The van der Waals surface area contributed by atoms with Crippen molar-refractivity contribution in [3.05, 3.63) is 12.2 Å². The van der Waals surface area contributed by atoms with Gasteiger partial charge in [-0.15, -0.1) is 11.7 Å². The van der Waals surface area contributed by atoms with Crippen LogP contribution < -0.4 is 0 Å². The van der Waals surface area contributed by atoms with Gasteiger partial charge < -0.3 is 5.11 Å². The predicted molar refractivity (Wildman–Crippen MR) is 49.6 cm³/mol. The molecule has 1 N–H and O–H groups in total. The third-order valence-electron chi connectivity index (χ3n) is 0.494. The molecule has 0 aliphatic heterocycles. The van der Waals surface area contributed by atoms with Crippen molar-refractivity contribution in [2.75, 3.05) is 5.75 Å². The van der Waals surface area contributed by atoms with E-state index in [0.717, 1.165) is 5.75 Å². The van der Waals surface area contributed by atoms with Gasteiger partial charge in [0, 0.05) is 11.3 Å². The molecular weight excluding hydrogens is 168 g/mol. The highest BCUT2D eigenvalue weighted by atomic mass is 33.1. The Kier molecular flexibility index (Phi) is 11.2. The van der Waals surface area contributed by atoms with Gasteiger partial charge >= 0.3 is 5.97 Å². The van der Waals surface area contributed by atoms with Crippen LogP contribution in [0, 0.1) is 0 Å². The maximum absolute atomic E-state index is 9.60. The number of carbonyl (C=O) groups is 1. The zero-order valence-corrected chi connectivity index (χ0v) is 7.84. The molecule has 0 aromatic carbocycles. The first-order chi connectivity index (χ1) is 4.56. The SMILES string of the molecule is C=C(C)C(=O)O.CCSS. The lowest BCUT2D eigenvalue weighted by Gasteiger charge is -1.79. The van der Waals surface area contributed by atoms with E-state index in [9.17, 15) is 4.79 Å². The van der Waals surface area contributed by atoms with Crippen LogP contribution in [0.1, 0.15) is 13.8 Å². The highest BCUT2D eigenvalue weighted by Gasteiger charge is 1.90. The fraction of sp³-hybridized carbons (Fsp3) is 0.500. The molecule has 0 saturated carbocycles. The molecule has 0 rings (SSSR count). The molecule has 0 heterocycles. The first-order valence-corrected chi connectivity index (χ1v) is 4.75. The molecule has 0 unspecified atom stereocenters. The van der Waals surface area contributed by atoms with Crippen molar-refractivity contribution >= 4 is 28.4 Å². The average molecular weight is 180 g/mol. The molecule has 0 aromatic rings. The Morgan fingerprint density at radius 3 is 2.00 bits per heavy atom. The van der Waals surface area contributed by atoms with Gasteiger partial charge in [-0.2, -0.15) is 0 Å². The van der Waals surface area contributed by atoms with E-state index in [4.69, 9.17) is 5.11 Å². The van der Waals surface area contributed by atoms with Crippen LogP contribution in [-0.2, 0) is 4.79 Å². The van der Waals surface area contributed by atoms with Crippen molar-refractivity contribution in [2.45, 2.75) is 13.8 Å². The van der Waals surface area contributed by atoms with E-state index in [1.807, 2.05) is 0 Å². The van der Waals surface area contributed by atoms with Crippen LogP contribution in [0.3, 0.4) is 0 Å². The molecular formula is C6H12O2S2. The molecule has 0 amide bonds. The van der Waals surface area contributed by atoms with E-state index in [2.05, 4.69) is 25.2 Å². The van der Waals surface area contributed by atoms with Gasteiger partial charge in [-0.25, -0.2) is 4.79 Å². The molecule has 0 bridgehead atoms. The van der Waals surface area contributed by atoms with Gasteiger partial charge in [0.05, 0.1) is 0 Å². The Hall–Kier alpha value is -0.0900. The summed E-state index contributed by atoms with van der Waals surface area (Å²) < 4.78 is 0. The molecule has 0 aromatic heterocycles. The van der Waals surface area contributed by atoms with Crippen molar-refractivity contribution in [1.29, 1.82) is 0 Å². The quantitative estimate of drug-likeness (QED) is 0.389. The molecule has 60 valence electrons. The third kappa shape index (κ3) is 15.7. The smallest absolute Gasteiger partial charge is 0.330 e. The maximum Gasteiger partial charge on any atom is 0.330 e. The number of carboxylic acid groups (broad SMARTS) is 1. The van der Waals surface area contributed by atoms with Crippen LogP contribution in [0.5, 0.6) is 0 Å². The van der Waals surface area contributed by atoms with Crippen molar-refractivity contribution in [3.8, 4) is 0 Å². The minimum Gasteiger partial charge on any atom is -0.478 e. The van der Waals surface area contributed by atoms with Crippen LogP contribution in [-0.4, -0.2) is 16.8 Å². The lowest BCUT2D eigenvalue weighted by atomic mass is 10.4. The Labute approximate surface area is 70.5 Å². The second-order valence-corrected chi connectivity index (χ2v) is 3.11. The average Bonchev–Trinajstić information content (AvgIpc) is 1.89. The summed E-state index contributed by atoms with van der Waals surface area (Å²) in [5, 5.41) is 7.89. The minimum atomic E-state index is -0.935. The summed E-state index contributed by atoms with van der Waals surface area (Å²) in [6, 6.07) is 0. The highest BCUT2D eigenvalue weighted by Crippen LogP contribution is 2.00. The van der Waals surface area contributed by atoms with Crippen molar-refractivity contribution in [3.63, 3.8) is 0 Å². The van der Waals surface area contributed by atoms with Gasteiger partial charge in [-0.1, -0.05) is 24.3 Å². The first-order valence-electron chi connectivity index (χ1n) is 2.71. The second-order valence-electron chi connectivity index (χ2n) is 1.50. The van der Waals surface area contributed by atoms with Crippen LogP contribution >= 0.6 is 22.5 Å². The van der Waals surface area contributed by atoms with E-state index in [1.165, 1.54) is 6.92 Å². The fourth-order valence-corrected chi connectivity index (χ4v) is 0. The molecule has 10 heavy (non-hydrogen) atoms. The van der Waals surface area contributed by atoms with E-state index < -0.39 is 5.97 Å². The van der Waals surface area contributed by atoms with E-state index in [1.54, 1.807) is 10.8 Å². The first kappa shape index (κ1) is 12.6. The van der Waals surface area contributed by atoms with Gasteiger partial charge in [0.1, 0.15) is 0 Å². The molecule has 4 heteroatoms. The number of carboxylic acids is 1. The summed E-state index contributed by atoms with van der Waals surface area (Å²) in [7, 11) is 1.55. The number of hydrogen-bond donors (Lipinski definition) is 2. The summed E-state index contributed by atoms with van der Waals surface area (Å²) in [6.07, 6.45) is 0. The van der Waals surface area contributed by atoms with Gasteiger partial charge in [-0.05, 0) is 6.92 Å². The molecule has 0 fully saturated rings. The fourth-order valence-electron chi connectivity index (χ4n) is 0. The monoisotopic (exact) mass is 180 g/mol. The lowest BCUT2D eigenvalue weighted by molar-refractivity contribution is -0.132. The Morgan fingerprint density at radius 2 is 2.00 bits per heavy atom. The van der Waals surface area contributed by atoms with Crippen molar-refractivity contribution in [1.82, 2.24) is 0 Å². The summed E-state index contributed by atoms with van der Waals surface area (Å²) in [5.41, 5.74) is 0.176. The van der Waals surface area contributed by atoms with E-state index in [-0.39, 0.29) is 5.57 Å². The Morgan fingerprint density at radius 1 is 1.80 bits per heavy atom. The zero-order valence-electron chi connectivity index (χ0n) is 6.13. The minimum absolute atomic E-state index is 0.176. The maximum atomic E-state index is 9.60. The van der Waals surface area contributed by atoms with Crippen LogP contribution in [0.4, 0.5) is 0 Å². The van der Waals surface area contributed by atoms with Gasteiger partial charge in [0.2, 0.25) is 0 Å². The van der Waals surface area contributed by atoms with E-state index in [0.29, 0.717) is 0 Å². The summed E-state index contributed by atoms with van der Waals surface area (Å²) in [5.74, 6) is 0.165. The molecule has 0 aliphatic rings. The van der Waals surface area contributed by atoms with Crippen molar-refractivity contribution < 1.29 is 9.90 Å². The molecule has 2 nitrogen and oxygen atoms in total. The van der Waals surface area contributed by atoms with Gasteiger partial charge in [0.25, 0.3) is 0 Å². The van der Waals surface area contributed by atoms with Crippen molar-refractivity contribution in [2.24, 2.45) is 0 Å². The van der Waals surface area contributed by atoms with Crippen LogP contribution in [0.25, 0.3) is 0 Å². The number of aliphatic carboxylic acids is 1. The number of rotatable bonds is 2. The number of thiol groups is 1. The largest absolute Gasteiger partial charge is 0.478 e. The van der Waals surface area contributed by atoms with E-state index >= 15 is 0 Å².